The first-order valence-electron chi connectivity index (χ1n) is 9.82. The topological polar surface area (TPSA) is 64.6 Å². The van der Waals surface area contributed by atoms with Crippen LogP contribution in [0.4, 0.5) is 0 Å². The van der Waals surface area contributed by atoms with Gasteiger partial charge < -0.3 is 15.1 Å². The molecule has 6 heteroatoms. The zero-order valence-electron chi connectivity index (χ0n) is 16.0. The minimum atomic E-state index is -0.928. The van der Waals surface area contributed by atoms with Gasteiger partial charge in [0.05, 0.1) is 0 Å². The summed E-state index contributed by atoms with van der Waals surface area (Å²) in [4.78, 5) is 24.7. The van der Waals surface area contributed by atoms with Gasteiger partial charge in [0.1, 0.15) is 8.30 Å². The highest BCUT2D eigenvalue weighted by molar-refractivity contribution is 7.50. The van der Waals surface area contributed by atoms with Gasteiger partial charge in [-0.25, -0.2) is 0 Å². The van der Waals surface area contributed by atoms with Crippen molar-refractivity contribution in [3.63, 3.8) is 0 Å². The Morgan fingerprint density at radius 1 is 1.15 bits per heavy atom. The van der Waals surface area contributed by atoms with Crippen molar-refractivity contribution in [2.24, 2.45) is 5.92 Å². The fourth-order valence-corrected chi connectivity index (χ4v) is 4.86. The highest BCUT2D eigenvalue weighted by Gasteiger charge is 2.30. The lowest BCUT2D eigenvalue weighted by Gasteiger charge is -2.32. The molecule has 1 saturated heterocycles. The summed E-state index contributed by atoms with van der Waals surface area (Å²) < 4.78 is 0. The predicted octanol–water partition coefficient (Wildman–Crippen LogP) is 2.80. The maximum Gasteiger partial charge on any atom is 0.251 e. The fraction of sp³-hybridized carbons (Fsp3) is 0.650. The van der Waals surface area contributed by atoms with E-state index < -0.39 is 8.30 Å². The molecule has 0 radical (unpaired) electrons. The number of likely N-dealkylation sites (tertiary alicyclic amines) is 1. The number of carbonyl (C=O) groups excluding carboxylic acids is 1. The molecule has 0 aromatic heterocycles. The Hall–Kier alpha value is -1.00. The summed E-state index contributed by atoms with van der Waals surface area (Å²) in [5.41, 5.74) is 3.58. The van der Waals surface area contributed by atoms with E-state index in [1.165, 1.54) is 12.8 Å². The Morgan fingerprint density at radius 3 is 2.42 bits per heavy atom. The van der Waals surface area contributed by atoms with E-state index in [-0.39, 0.29) is 5.91 Å². The molecule has 1 saturated carbocycles. The van der Waals surface area contributed by atoms with Crippen LogP contribution in [-0.2, 0) is 0 Å². The molecule has 0 bridgehead atoms. The zero-order valence-corrected chi connectivity index (χ0v) is 16.9. The molecule has 3 rings (SSSR count). The third kappa shape index (κ3) is 6.02. The van der Waals surface area contributed by atoms with Crippen LogP contribution in [-0.4, -0.2) is 54.1 Å². The van der Waals surface area contributed by atoms with Gasteiger partial charge >= 0.3 is 0 Å². The zero-order chi connectivity index (χ0) is 18.5. The standard InChI is InChI=1S/C20H32N3O2P/c1-15-11-16(2)13-18(12-15)20(24)21-14-17-5-8-23(9-6-17)10-7-22-26(25)19-3-4-19/h11-13,17,19,22,25H,3-10,14H2,1-2H3,(H,21,24). The number of nitrogens with one attached hydrogen (secondary N) is 2. The Morgan fingerprint density at radius 2 is 1.81 bits per heavy atom. The first-order valence-corrected chi connectivity index (χ1v) is 11.2. The quantitative estimate of drug-likeness (QED) is 0.610. The van der Waals surface area contributed by atoms with E-state index in [1.54, 1.807) is 0 Å². The van der Waals surface area contributed by atoms with Gasteiger partial charge in [0, 0.05) is 30.9 Å². The van der Waals surface area contributed by atoms with Crippen LogP contribution in [0.1, 0.15) is 47.2 Å². The Kier molecular flexibility index (Phi) is 7.05. The molecule has 1 atom stereocenters. The Labute approximate surface area is 158 Å². The SMILES string of the molecule is Cc1cc(C)cc(C(=O)NCC2CCN(CCNP(O)C3CC3)CC2)c1. The van der Waals surface area contributed by atoms with E-state index in [0.717, 1.165) is 62.3 Å². The van der Waals surface area contributed by atoms with Crippen molar-refractivity contribution < 1.29 is 9.69 Å². The summed E-state index contributed by atoms with van der Waals surface area (Å²) in [7, 11) is -0.928. The lowest BCUT2D eigenvalue weighted by atomic mass is 9.96. The number of rotatable bonds is 8. The number of hydrogen-bond donors (Lipinski definition) is 3. The molecular formula is C20H32N3O2P. The molecule has 1 aromatic carbocycles. The molecule has 144 valence electrons. The second kappa shape index (κ2) is 9.27. The molecule has 3 N–H and O–H groups in total. The molecule has 1 aromatic rings. The monoisotopic (exact) mass is 377 g/mol. The molecule has 26 heavy (non-hydrogen) atoms. The fourth-order valence-electron chi connectivity index (χ4n) is 3.63. The molecule has 5 nitrogen and oxygen atoms in total. The van der Waals surface area contributed by atoms with Crippen LogP contribution >= 0.6 is 8.30 Å². The molecular weight excluding hydrogens is 345 g/mol. The van der Waals surface area contributed by atoms with Crippen LogP contribution in [0.3, 0.4) is 0 Å². The van der Waals surface area contributed by atoms with Crippen molar-refractivity contribution in [3.8, 4) is 0 Å². The molecule has 1 aliphatic carbocycles. The Balaban J connectivity index is 1.32. The van der Waals surface area contributed by atoms with E-state index in [0.29, 0.717) is 11.6 Å². The largest absolute Gasteiger partial charge is 0.359 e. The average Bonchev–Trinajstić information content (AvgIpc) is 3.45. The number of amides is 1. The highest BCUT2D eigenvalue weighted by atomic mass is 31.2. The summed E-state index contributed by atoms with van der Waals surface area (Å²) in [6.45, 7) is 8.87. The molecule has 0 spiro atoms. The van der Waals surface area contributed by atoms with Gasteiger partial charge in [-0.15, -0.1) is 0 Å². The van der Waals surface area contributed by atoms with Crippen LogP contribution in [0.25, 0.3) is 0 Å². The normalized spacial score (nSPS) is 20.1. The molecule has 2 fully saturated rings. The van der Waals surface area contributed by atoms with E-state index in [4.69, 9.17) is 0 Å². The van der Waals surface area contributed by atoms with Crippen LogP contribution in [0, 0.1) is 19.8 Å². The van der Waals surface area contributed by atoms with Crippen molar-refractivity contribution in [1.29, 1.82) is 0 Å². The smallest absolute Gasteiger partial charge is 0.251 e. The number of aryl methyl sites for hydroxylation is 2. The molecule has 1 amide bonds. The number of benzene rings is 1. The number of carbonyl (C=O) groups is 1. The number of piperidine rings is 1. The van der Waals surface area contributed by atoms with Gasteiger partial charge in [-0.1, -0.05) is 17.2 Å². The van der Waals surface area contributed by atoms with Gasteiger partial charge in [-0.3, -0.25) is 9.88 Å². The molecule has 1 aliphatic heterocycles. The number of nitrogens with zero attached hydrogens (tertiary/aromatic N) is 1. The number of hydrogen-bond acceptors (Lipinski definition) is 4. The van der Waals surface area contributed by atoms with E-state index in [2.05, 4.69) is 21.4 Å². The van der Waals surface area contributed by atoms with Crippen molar-refractivity contribution in [2.45, 2.75) is 45.2 Å². The molecule has 1 unspecified atom stereocenters. The van der Waals surface area contributed by atoms with Gasteiger partial charge in [0.25, 0.3) is 5.91 Å². The maximum absolute atomic E-state index is 12.4. The van der Waals surface area contributed by atoms with Crippen LogP contribution in [0.15, 0.2) is 18.2 Å². The summed E-state index contributed by atoms with van der Waals surface area (Å²) in [5.74, 6) is 0.607. The maximum atomic E-state index is 12.4. The lowest BCUT2D eigenvalue weighted by Crippen LogP contribution is -2.40. The van der Waals surface area contributed by atoms with Crippen molar-refractivity contribution in [3.05, 3.63) is 34.9 Å². The second-order valence-corrected chi connectivity index (χ2v) is 9.59. The first kappa shape index (κ1) is 19.8. The predicted molar refractivity (Wildman–Crippen MR) is 108 cm³/mol. The van der Waals surface area contributed by atoms with Gasteiger partial charge in [0.2, 0.25) is 0 Å². The summed E-state index contributed by atoms with van der Waals surface area (Å²) in [6, 6.07) is 6.00. The van der Waals surface area contributed by atoms with Crippen molar-refractivity contribution in [1.82, 2.24) is 15.3 Å². The summed E-state index contributed by atoms with van der Waals surface area (Å²) >= 11 is 0. The van der Waals surface area contributed by atoms with Gasteiger partial charge in [-0.2, -0.15) is 0 Å². The molecule has 2 aliphatic rings. The van der Waals surface area contributed by atoms with E-state index in [1.807, 2.05) is 26.0 Å². The second-order valence-electron chi connectivity index (χ2n) is 7.86. The van der Waals surface area contributed by atoms with Gasteiger partial charge in [0.15, 0.2) is 0 Å². The average molecular weight is 377 g/mol. The minimum Gasteiger partial charge on any atom is -0.359 e. The van der Waals surface area contributed by atoms with Gasteiger partial charge in [-0.05, 0) is 70.7 Å². The van der Waals surface area contributed by atoms with Crippen molar-refractivity contribution in [2.75, 3.05) is 32.7 Å². The third-order valence-corrected chi connectivity index (χ3v) is 7.09. The van der Waals surface area contributed by atoms with Crippen molar-refractivity contribution >= 4 is 14.2 Å². The molecule has 1 heterocycles. The van der Waals surface area contributed by atoms with Crippen LogP contribution in [0.2, 0.25) is 0 Å². The van der Waals surface area contributed by atoms with E-state index in [9.17, 15) is 9.69 Å². The van der Waals surface area contributed by atoms with E-state index >= 15 is 0 Å². The van der Waals surface area contributed by atoms with Crippen LogP contribution in [0.5, 0.6) is 0 Å². The Bertz CT molecular complexity index is 593. The summed E-state index contributed by atoms with van der Waals surface area (Å²) in [6.07, 6.45) is 4.64. The van der Waals surface area contributed by atoms with Crippen LogP contribution < -0.4 is 10.4 Å². The summed E-state index contributed by atoms with van der Waals surface area (Å²) in [5, 5.41) is 6.41. The third-order valence-electron chi connectivity index (χ3n) is 5.34. The highest BCUT2D eigenvalue weighted by Crippen LogP contribution is 2.47. The first-order chi connectivity index (χ1) is 12.5. The minimum absolute atomic E-state index is 0.0415. The lowest BCUT2D eigenvalue weighted by molar-refractivity contribution is 0.0936.